The lowest BCUT2D eigenvalue weighted by Crippen LogP contribution is -2.49. The summed E-state index contributed by atoms with van der Waals surface area (Å²) in [6.45, 7) is 2.68. The van der Waals surface area contributed by atoms with Gasteiger partial charge in [-0.3, -0.25) is 0 Å². The van der Waals surface area contributed by atoms with Crippen LogP contribution in [-0.4, -0.2) is 38.5 Å². The van der Waals surface area contributed by atoms with E-state index in [9.17, 15) is 8.42 Å². The molecule has 1 aromatic rings. The number of methoxy groups -OCH3 is 1. The van der Waals surface area contributed by atoms with Crippen LogP contribution in [0.4, 0.5) is 5.69 Å². The number of hydrogen-bond acceptors (Lipinski definition) is 4. The minimum atomic E-state index is -3.68. The number of sulfonamides is 1. The van der Waals surface area contributed by atoms with Gasteiger partial charge < -0.3 is 10.5 Å². The van der Waals surface area contributed by atoms with Crippen LogP contribution in [0.3, 0.4) is 0 Å². The SMILES string of the molecule is COC1(C)CCCN(S(=O)(=O)c2cc(Cl)cc(N)c2Br)C1. The normalized spacial score (nSPS) is 24.2. The van der Waals surface area contributed by atoms with Crippen LogP contribution in [0.15, 0.2) is 21.5 Å². The number of ether oxygens (including phenoxy) is 1. The number of anilines is 1. The number of nitrogens with zero attached hydrogens (tertiary/aromatic N) is 1. The second-order valence-corrected chi connectivity index (χ2v) is 8.54. The molecule has 0 bridgehead atoms. The number of benzene rings is 1. The fourth-order valence-corrected chi connectivity index (χ4v) is 5.29. The van der Waals surface area contributed by atoms with E-state index in [-0.39, 0.29) is 4.90 Å². The molecule has 1 aliphatic rings. The average molecular weight is 398 g/mol. The van der Waals surface area contributed by atoms with Gasteiger partial charge >= 0.3 is 0 Å². The van der Waals surface area contributed by atoms with Crippen LogP contribution in [0, 0.1) is 0 Å². The number of piperidine rings is 1. The largest absolute Gasteiger partial charge is 0.398 e. The Labute approximate surface area is 138 Å². The van der Waals surface area contributed by atoms with Crippen molar-refractivity contribution in [3.63, 3.8) is 0 Å². The van der Waals surface area contributed by atoms with Crippen molar-refractivity contribution in [3.05, 3.63) is 21.6 Å². The van der Waals surface area contributed by atoms with E-state index in [2.05, 4.69) is 15.9 Å². The van der Waals surface area contributed by atoms with Gasteiger partial charge in [0.15, 0.2) is 0 Å². The van der Waals surface area contributed by atoms with E-state index in [0.29, 0.717) is 28.3 Å². The van der Waals surface area contributed by atoms with Crippen molar-refractivity contribution in [2.24, 2.45) is 0 Å². The summed E-state index contributed by atoms with van der Waals surface area (Å²) in [5.74, 6) is 0. The molecule has 118 valence electrons. The molecule has 0 spiro atoms. The molecule has 0 radical (unpaired) electrons. The van der Waals surface area contributed by atoms with Crippen molar-refractivity contribution in [2.45, 2.75) is 30.3 Å². The third kappa shape index (κ3) is 3.37. The lowest BCUT2D eigenvalue weighted by molar-refractivity contribution is -0.0319. The van der Waals surface area contributed by atoms with E-state index in [1.807, 2.05) is 6.92 Å². The summed E-state index contributed by atoms with van der Waals surface area (Å²) in [6, 6.07) is 2.93. The van der Waals surface area contributed by atoms with Crippen molar-refractivity contribution in [1.82, 2.24) is 4.31 Å². The first-order valence-electron chi connectivity index (χ1n) is 6.49. The van der Waals surface area contributed by atoms with Crippen LogP contribution in [-0.2, 0) is 14.8 Å². The van der Waals surface area contributed by atoms with Gasteiger partial charge in [-0.1, -0.05) is 11.6 Å². The standard InChI is InChI=1S/C13H18BrClN2O3S/c1-13(20-2)4-3-5-17(8-13)21(18,19)11-7-9(15)6-10(16)12(11)14/h6-7H,3-5,8,16H2,1-2H3. The highest BCUT2D eigenvalue weighted by Gasteiger charge is 2.38. The van der Waals surface area contributed by atoms with Gasteiger partial charge in [-0.15, -0.1) is 0 Å². The molecule has 21 heavy (non-hydrogen) atoms. The van der Waals surface area contributed by atoms with E-state index < -0.39 is 15.6 Å². The summed E-state index contributed by atoms with van der Waals surface area (Å²) in [6.07, 6.45) is 1.58. The molecule has 2 rings (SSSR count). The van der Waals surface area contributed by atoms with Gasteiger partial charge in [0.05, 0.1) is 15.0 Å². The molecular weight excluding hydrogens is 380 g/mol. The predicted octanol–water partition coefficient (Wildman–Crippen LogP) is 2.87. The molecule has 0 aliphatic carbocycles. The zero-order valence-electron chi connectivity index (χ0n) is 11.9. The second-order valence-electron chi connectivity index (χ2n) is 5.40. The molecule has 1 aromatic carbocycles. The molecule has 1 aliphatic heterocycles. The Hall–Kier alpha value is -0.340. The van der Waals surface area contributed by atoms with E-state index in [0.717, 1.165) is 12.8 Å². The minimum Gasteiger partial charge on any atom is -0.398 e. The number of hydrogen-bond donors (Lipinski definition) is 1. The van der Waals surface area contributed by atoms with Crippen molar-refractivity contribution in [3.8, 4) is 0 Å². The third-order valence-corrected chi connectivity index (χ3v) is 7.00. The number of rotatable bonds is 3. The van der Waals surface area contributed by atoms with Gasteiger partial charge in [0.2, 0.25) is 10.0 Å². The fourth-order valence-electron chi connectivity index (χ4n) is 2.44. The average Bonchev–Trinajstić information content (AvgIpc) is 2.42. The van der Waals surface area contributed by atoms with Crippen LogP contribution < -0.4 is 5.73 Å². The summed E-state index contributed by atoms with van der Waals surface area (Å²) < 4.78 is 32.9. The summed E-state index contributed by atoms with van der Waals surface area (Å²) in [4.78, 5) is 0.0906. The van der Waals surface area contributed by atoms with Crippen LogP contribution in [0.1, 0.15) is 19.8 Å². The van der Waals surface area contributed by atoms with Crippen LogP contribution in [0.5, 0.6) is 0 Å². The first kappa shape index (κ1) is 17.0. The first-order chi connectivity index (χ1) is 9.69. The van der Waals surface area contributed by atoms with Gasteiger partial charge in [0, 0.05) is 30.9 Å². The van der Waals surface area contributed by atoms with E-state index in [1.54, 1.807) is 7.11 Å². The van der Waals surface area contributed by atoms with Crippen LogP contribution in [0.2, 0.25) is 5.02 Å². The Morgan fingerprint density at radius 1 is 1.48 bits per heavy atom. The molecule has 0 aromatic heterocycles. The number of nitrogens with two attached hydrogens (primary N) is 1. The lowest BCUT2D eigenvalue weighted by Gasteiger charge is -2.38. The lowest BCUT2D eigenvalue weighted by atomic mass is 9.96. The summed E-state index contributed by atoms with van der Waals surface area (Å²) >= 11 is 9.18. The molecular formula is C13H18BrClN2O3S. The summed E-state index contributed by atoms with van der Waals surface area (Å²) in [5.41, 5.74) is 5.62. The molecule has 1 heterocycles. The van der Waals surface area contributed by atoms with Gasteiger partial charge in [-0.2, -0.15) is 4.31 Å². The molecule has 1 saturated heterocycles. The zero-order valence-corrected chi connectivity index (χ0v) is 15.1. The minimum absolute atomic E-state index is 0.0906. The first-order valence-corrected chi connectivity index (χ1v) is 9.10. The Bertz CT molecular complexity index is 653. The van der Waals surface area contributed by atoms with Crippen LogP contribution >= 0.6 is 27.5 Å². The topological polar surface area (TPSA) is 72.6 Å². The monoisotopic (exact) mass is 396 g/mol. The summed E-state index contributed by atoms with van der Waals surface area (Å²) in [7, 11) is -2.08. The smallest absolute Gasteiger partial charge is 0.244 e. The molecule has 8 heteroatoms. The van der Waals surface area contributed by atoms with Gasteiger partial charge in [-0.05, 0) is 47.8 Å². The molecule has 0 saturated carbocycles. The van der Waals surface area contributed by atoms with Crippen molar-refractivity contribution in [2.75, 3.05) is 25.9 Å². The Morgan fingerprint density at radius 2 is 2.14 bits per heavy atom. The molecule has 5 nitrogen and oxygen atoms in total. The van der Waals surface area contributed by atoms with E-state index >= 15 is 0 Å². The highest BCUT2D eigenvalue weighted by atomic mass is 79.9. The maximum absolute atomic E-state index is 12.8. The van der Waals surface area contributed by atoms with Crippen molar-refractivity contribution in [1.29, 1.82) is 0 Å². The summed E-state index contributed by atoms with van der Waals surface area (Å²) in [5, 5.41) is 0.292. The van der Waals surface area contributed by atoms with Crippen molar-refractivity contribution < 1.29 is 13.2 Å². The van der Waals surface area contributed by atoms with E-state index in [4.69, 9.17) is 22.1 Å². The maximum Gasteiger partial charge on any atom is 0.244 e. The van der Waals surface area contributed by atoms with Gasteiger partial charge in [0.1, 0.15) is 0 Å². The Balaban J connectivity index is 2.43. The molecule has 0 amide bonds. The Morgan fingerprint density at radius 3 is 2.76 bits per heavy atom. The van der Waals surface area contributed by atoms with Crippen LogP contribution in [0.25, 0.3) is 0 Å². The van der Waals surface area contributed by atoms with Gasteiger partial charge in [-0.25, -0.2) is 8.42 Å². The molecule has 2 N–H and O–H groups in total. The fraction of sp³-hybridized carbons (Fsp3) is 0.538. The van der Waals surface area contributed by atoms with Crippen molar-refractivity contribution >= 4 is 43.2 Å². The second kappa shape index (κ2) is 6.04. The highest BCUT2D eigenvalue weighted by molar-refractivity contribution is 9.10. The third-order valence-electron chi connectivity index (χ3n) is 3.77. The number of halogens is 2. The van der Waals surface area contributed by atoms with Gasteiger partial charge in [0.25, 0.3) is 0 Å². The number of nitrogen functional groups attached to an aromatic ring is 1. The predicted molar refractivity (Wildman–Crippen MR) is 87.0 cm³/mol. The zero-order chi connectivity index (χ0) is 15.8. The molecule has 1 fully saturated rings. The molecule has 1 atom stereocenters. The quantitative estimate of drug-likeness (QED) is 0.796. The Kier molecular flexibility index (Phi) is 4.90. The highest BCUT2D eigenvalue weighted by Crippen LogP contribution is 2.35. The maximum atomic E-state index is 12.8. The molecule has 1 unspecified atom stereocenters. The van der Waals surface area contributed by atoms with E-state index in [1.165, 1.54) is 16.4 Å².